The third kappa shape index (κ3) is 4.20. The molecule has 3 rings (SSSR count). The molecule has 0 bridgehead atoms. The smallest absolute Gasteiger partial charge is 0.339 e. The normalized spacial score (nSPS) is 11.7. The highest BCUT2D eigenvalue weighted by atomic mass is 35.5. The molecule has 1 aromatic heterocycles. The molecule has 0 spiro atoms. The van der Waals surface area contributed by atoms with Crippen molar-refractivity contribution in [3.05, 3.63) is 65.2 Å². The molecule has 8 nitrogen and oxygen atoms in total. The number of carbonyl (C=O) groups is 1. The molecule has 1 unspecified atom stereocenters. The van der Waals surface area contributed by atoms with E-state index in [4.69, 9.17) is 21.4 Å². The van der Waals surface area contributed by atoms with Crippen LogP contribution in [0.3, 0.4) is 0 Å². The molecule has 0 aliphatic heterocycles. The van der Waals surface area contributed by atoms with Crippen LogP contribution in [0, 0.1) is 5.82 Å². The van der Waals surface area contributed by atoms with Crippen molar-refractivity contribution in [1.82, 2.24) is 4.98 Å². The maximum Gasteiger partial charge on any atom is 0.339 e. The Hall–Kier alpha value is -3.21. The summed E-state index contributed by atoms with van der Waals surface area (Å²) in [5, 5.41) is 18.9. The summed E-state index contributed by atoms with van der Waals surface area (Å²) in [5.74, 6) is -2.61. The Balaban J connectivity index is 2.10. The number of ether oxygens (including phenoxy) is 1. The number of halogens is 2. The van der Waals surface area contributed by atoms with E-state index in [1.165, 1.54) is 37.6 Å². The predicted molar refractivity (Wildman–Crippen MR) is 107 cm³/mol. The van der Waals surface area contributed by atoms with Crippen LogP contribution in [0.5, 0.6) is 11.5 Å². The number of nitrogens with zero attached hydrogens (tertiary/aromatic N) is 2. The Bertz CT molecular complexity index is 1160. The quantitative estimate of drug-likeness (QED) is 0.430. The van der Waals surface area contributed by atoms with E-state index in [2.05, 4.69) is 4.98 Å². The summed E-state index contributed by atoms with van der Waals surface area (Å²) < 4.78 is 43.5. The summed E-state index contributed by atoms with van der Waals surface area (Å²) in [6.07, 6.45) is 1.17. The van der Waals surface area contributed by atoms with E-state index in [1.54, 1.807) is 0 Å². The molecule has 0 saturated heterocycles. The van der Waals surface area contributed by atoms with Crippen LogP contribution in [0.4, 0.5) is 15.8 Å². The molecule has 0 radical (unpaired) electrons. The first-order valence-electron chi connectivity index (χ1n) is 8.18. The summed E-state index contributed by atoms with van der Waals surface area (Å²) >= 11 is 3.26. The van der Waals surface area contributed by atoms with Crippen LogP contribution in [0.25, 0.3) is 11.1 Å². The molecule has 2 N–H and O–H groups in total. The lowest BCUT2D eigenvalue weighted by Gasteiger charge is -2.27. The van der Waals surface area contributed by atoms with E-state index in [0.29, 0.717) is 5.56 Å². The maximum absolute atomic E-state index is 14.1. The molecule has 2 aromatic carbocycles. The van der Waals surface area contributed by atoms with Gasteiger partial charge in [0.15, 0.2) is 11.6 Å². The molecule has 0 saturated carbocycles. The van der Waals surface area contributed by atoms with Gasteiger partial charge in [-0.1, -0.05) is 17.7 Å². The van der Waals surface area contributed by atoms with Crippen molar-refractivity contribution >= 4 is 40.2 Å². The first-order chi connectivity index (χ1) is 14.2. The predicted octanol–water partition coefficient (Wildman–Crippen LogP) is 3.89. The number of anilines is 2. The van der Waals surface area contributed by atoms with Gasteiger partial charge < -0.3 is 19.5 Å². The number of rotatable bonds is 6. The third-order valence-electron chi connectivity index (χ3n) is 4.12. The van der Waals surface area contributed by atoms with E-state index in [9.17, 15) is 23.1 Å². The zero-order valence-corrected chi connectivity index (χ0v) is 16.8. The van der Waals surface area contributed by atoms with Gasteiger partial charge in [0.2, 0.25) is 0 Å². The number of pyridine rings is 1. The Kier molecular flexibility index (Phi) is 6.20. The van der Waals surface area contributed by atoms with Gasteiger partial charge in [0.05, 0.1) is 35.9 Å². The largest absolute Gasteiger partial charge is 0.755 e. The van der Waals surface area contributed by atoms with Gasteiger partial charge >= 0.3 is 5.97 Å². The average molecular weight is 452 g/mol. The average Bonchev–Trinajstić information content (AvgIpc) is 2.69. The molecule has 11 heteroatoms. The van der Waals surface area contributed by atoms with Gasteiger partial charge in [-0.3, -0.25) is 8.51 Å². The van der Waals surface area contributed by atoms with Crippen molar-refractivity contribution in [3.63, 3.8) is 0 Å². The van der Waals surface area contributed by atoms with Gasteiger partial charge in [-0.25, -0.2) is 14.2 Å². The lowest BCUT2D eigenvalue weighted by Crippen LogP contribution is -2.20. The fraction of sp³-hybridized carbons (Fsp3) is 0.0526. The monoisotopic (exact) mass is 451 g/mol. The molecule has 0 amide bonds. The second-order valence-corrected chi connectivity index (χ2v) is 7.06. The van der Waals surface area contributed by atoms with Gasteiger partial charge in [-0.2, -0.15) is 0 Å². The Morgan fingerprint density at radius 1 is 1.23 bits per heavy atom. The lowest BCUT2D eigenvalue weighted by molar-refractivity contribution is 0.0693. The van der Waals surface area contributed by atoms with Crippen LogP contribution in [-0.4, -0.2) is 37.0 Å². The first-order valence-corrected chi connectivity index (χ1v) is 9.59. The number of hydrogen-bond donors (Lipinski definition) is 2. The highest BCUT2D eigenvalue weighted by Crippen LogP contribution is 2.36. The van der Waals surface area contributed by atoms with Gasteiger partial charge in [0.25, 0.3) is 0 Å². The lowest BCUT2D eigenvalue weighted by atomic mass is 10.1. The zero-order valence-electron chi connectivity index (χ0n) is 15.2. The minimum atomic E-state index is -2.86. The number of aromatic carboxylic acids is 1. The topological polar surface area (TPSA) is 123 Å². The number of carboxylic acids is 1. The summed E-state index contributed by atoms with van der Waals surface area (Å²) in [5.41, 5.74) is 0.174. The molecule has 0 aliphatic carbocycles. The molecular formula is C19H13ClFN2O6S-. The minimum absolute atomic E-state index is 0.00372. The van der Waals surface area contributed by atoms with Gasteiger partial charge in [0, 0.05) is 11.6 Å². The Labute approximate surface area is 177 Å². The van der Waals surface area contributed by atoms with E-state index in [0.717, 1.165) is 22.5 Å². The first kappa shape index (κ1) is 21.5. The van der Waals surface area contributed by atoms with Gasteiger partial charge in [-0.15, -0.1) is 0 Å². The van der Waals surface area contributed by atoms with E-state index >= 15 is 0 Å². The molecule has 0 fully saturated rings. The van der Waals surface area contributed by atoms with Crippen LogP contribution in [0.15, 0.2) is 48.7 Å². The van der Waals surface area contributed by atoms with Crippen molar-refractivity contribution < 1.29 is 32.9 Å². The molecule has 156 valence electrons. The fourth-order valence-corrected chi connectivity index (χ4v) is 3.50. The second-order valence-electron chi connectivity index (χ2n) is 5.90. The van der Waals surface area contributed by atoms with Crippen LogP contribution in [0.1, 0.15) is 10.4 Å². The number of aromatic hydroxyl groups is 1. The van der Waals surface area contributed by atoms with Gasteiger partial charge in [0.1, 0.15) is 16.5 Å². The van der Waals surface area contributed by atoms with Crippen LogP contribution >= 0.6 is 11.6 Å². The highest BCUT2D eigenvalue weighted by molar-refractivity contribution is 7.81. The summed E-state index contributed by atoms with van der Waals surface area (Å²) in [4.78, 5) is 15.0. The number of hydrogen-bond acceptors (Lipinski definition) is 6. The molecule has 1 heterocycles. The van der Waals surface area contributed by atoms with Crippen molar-refractivity contribution in [1.29, 1.82) is 0 Å². The molecular weight excluding hydrogens is 439 g/mol. The van der Waals surface area contributed by atoms with Crippen molar-refractivity contribution in [2.75, 3.05) is 11.4 Å². The van der Waals surface area contributed by atoms with E-state index in [1.807, 2.05) is 0 Å². The summed E-state index contributed by atoms with van der Waals surface area (Å²) in [6, 6.07) is 8.71. The number of phenols is 1. The van der Waals surface area contributed by atoms with Crippen molar-refractivity contribution in [3.8, 4) is 22.6 Å². The SMILES string of the molecule is COc1ccc(-c2cc(N(c3ccc(C(=O)O)c(O)c3)S(=O)[O-])cnc2Cl)cc1F. The van der Waals surface area contributed by atoms with E-state index < -0.39 is 28.8 Å². The Morgan fingerprint density at radius 2 is 1.97 bits per heavy atom. The highest BCUT2D eigenvalue weighted by Gasteiger charge is 2.18. The standard InChI is InChI=1S/C19H14ClFN2O6S/c1-29-17-5-2-10(6-15(17)21)14-7-12(9-22-18(14)20)23(30(27)28)11-3-4-13(19(25)26)16(24)8-11/h2-9,24H,1H3,(H,25,26)(H,27,28)/p-1. The number of aromatic nitrogens is 1. The number of carboxylic acid groups (broad SMARTS) is 1. The molecule has 3 aromatic rings. The van der Waals surface area contributed by atoms with Gasteiger partial charge in [-0.05, 0) is 35.9 Å². The zero-order chi connectivity index (χ0) is 22.0. The fourth-order valence-electron chi connectivity index (χ4n) is 2.73. The van der Waals surface area contributed by atoms with E-state index in [-0.39, 0.29) is 33.4 Å². The number of benzene rings is 2. The molecule has 1 atom stereocenters. The maximum atomic E-state index is 14.1. The third-order valence-corrected chi connectivity index (χ3v) is 5.14. The van der Waals surface area contributed by atoms with Crippen molar-refractivity contribution in [2.24, 2.45) is 0 Å². The van der Waals surface area contributed by atoms with Crippen LogP contribution in [-0.2, 0) is 11.3 Å². The van der Waals surface area contributed by atoms with Crippen LogP contribution < -0.4 is 9.04 Å². The molecule has 0 aliphatic rings. The summed E-state index contributed by atoms with van der Waals surface area (Å²) in [6.45, 7) is 0. The second kappa shape index (κ2) is 8.66. The van der Waals surface area contributed by atoms with Crippen molar-refractivity contribution in [2.45, 2.75) is 0 Å². The molecule has 30 heavy (non-hydrogen) atoms. The van der Waals surface area contributed by atoms with Crippen LogP contribution in [0.2, 0.25) is 5.15 Å². The Morgan fingerprint density at radius 3 is 2.53 bits per heavy atom. The minimum Gasteiger partial charge on any atom is -0.755 e. The number of methoxy groups -OCH3 is 1. The summed E-state index contributed by atoms with van der Waals surface area (Å²) in [7, 11) is 1.32.